The van der Waals surface area contributed by atoms with Gasteiger partial charge in [0.15, 0.2) is 5.60 Å². The summed E-state index contributed by atoms with van der Waals surface area (Å²) in [6.07, 6.45) is 0. The molecule has 1 aliphatic rings. The molecule has 0 aliphatic heterocycles. The Hall–Kier alpha value is -3.58. The molecule has 28 heavy (non-hydrogen) atoms. The van der Waals surface area contributed by atoms with Crippen molar-refractivity contribution in [2.75, 3.05) is 0 Å². The SMILES string of the molecule is CC(C)(Oc1ccc(C#N)cc1)C(=O)NC1c2ccccc2-c2ccccc21. The minimum atomic E-state index is -1.07. The molecule has 0 aromatic heterocycles. The zero-order chi connectivity index (χ0) is 19.7. The number of hydrogen-bond acceptors (Lipinski definition) is 3. The van der Waals surface area contributed by atoms with Gasteiger partial charge in [0.1, 0.15) is 5.75 Å². The topological polar surface area (TPSA) is 62.1 Å². The third kappa shape index (κ3) is 3.12. The maximum absolute atomic E-state index is 13.1. The van der Waals surface area contributed by atoms with Crippen LogP contribution in [0.25, 0.3) is 11.1 Å². The molecule has 3 aromatic rings. The van der Waals surface area contributed by atoms with Gasteiger partial charge < -0.3 is 10.1 Å². The fourth-order valence-corrected chi connectivity index (χ4v) is 3.55. The molecule has 4 heteroatoms. The lowest BCUT2D eigenvalue weighted by atomic mass is 10.0. The second-order valence-corrected chi connectivity index (χ2v) is 7.33. The first-order chi connectivity index (χ1) is 13.5. The molecule has 1 aliphatic carbocycles. The Balaban J connectivity index is 1.58. The molecule has 0 radical (unpaired) electrons. The van der Waals surface area contributed by atoms with Gasteiger partial charge in [0.2, 0.25) is 0 Å². The smallest absolute Gasteiger partial charge is 0.264 e. The Kier molecular flexibility index (Phi) is 4.37. The predicted octanol–water partition coefficient (Wildman–Crippen LogP) is 4.60. The molecule has 4 rings (SSSR count). The largest absolute Gasteiger partial charge is 0.478 e. The number of nitrogens with zero attached hydrogens (tertiary/aromatic N) is 1. The van der Waals surface area contributed by atoms with Gasteiger partial charge in [-0.25, -0.2) is 0 Å². The van der Waals surface area contributed by atoms with Gasteiger partial charge in [-0.05, 0) is 60.4 Å². The molecule has 0 fully saturated rings. The van der Waals surface area contributed by atoms with Crippen molar-refractivity contribution in [3.05, 3.63) is 89.5 Å². The van der Waals surface area contributed by atoms with E-state index >= 15 is 0 Å². The van der Waals surface area contributed by atoms with Crippen LogP contribution >= 0.6 is 0 Å². The molecule has 0 atom stereocenters. The highest BCUT2D eigenvalue weighted by Gasteiger charge is 2.35. The normalized spacial score (nSPS) is 12.6. The average Bonchev–Trinajstić information content (AvgIpc) is 3.02. The van der Waals surface area contributed by atoms with Crippen molar-refractivity contribution in [3.8, 4) is 22.9 Å². The first kappa shape index (κ1) is 17.8. The molecule has 1 amide bonds. The molecule has 4 nitrogen and oxygen atoms in total. The fraction of sp³-hybridized carbons (Fsp3) is 0.167. The second-order valence-electron chi connectivity index (χ2n) is 7.33. The van der Waals surface area contributed by atoms with E-state index in [4.69, 9.17) is 10.00 Å². The fourth-order valence-electron chi connectivity index (χ4n) is 3.55. The summed E-state index contributed by atoms with van der Waals surface area (Å²) in [6, 6.07) is 24.9. The third-order valence-electron chi connectivity index (χ3n) is 5.01. The number of carbonyl (C=O) groups excluding carboxylic acids is 1. The van der Waals surface area contributed by atoms with Crippen molar-refractivity contribution in [1.82, 2.24) is 5.32 Å². The van der Waals surface area contributed by atoms with Crippen molar-refractivity contribution >= 4 is 5.91 Å². The van der Waals surface area contributed by atoms with E-state index < -0.39 is 5.60 Å². The minimum Gasteiger partial charge on any atom is -0.478 e. The number of nitrogens with one attached hydrogen (secondary N) is 1. The van der Waals surface area contributed by atoms with Crippen LogP contribution in [-0.4, -0.2) is 11.5 Å². The van der Waals surface area contributed by atoms with Gasteiger partial charge in [0.05, 0.1) is 17.7 Å². The number of nitriles is 1. The lowest BCUT2D eigenvalue weighted by molar-refractivity contribution is -0.134. The molecule has 0 saturated heterocycles. The van der Waals surface area contributed by atoms with E-state index in [0.29, 0.717) is 11.3 Å². The van der Waals surface area contributed by atoms with Crippen LogP contribution in [0, 0.1) is 11.3 Å². The number of amides is 1. The monoisotopic (exact) mass is 368 g/mol. The van der Waals surface area contributed by atoms with E-state index in [2.05, 4.69) is 35.7 Å². The summed E-state index contributed by atoms with van der Waals surface area (Å²) in [5, 5.41) is 12.1. The summed E-state index contributed by atoms with van der Waals surface area (Å²) in [7, 11) is 0. The van der Waals surface area contributed by atoms with Crippen LogP contribution in [0.2, 0.25) is 0 Å². The Morgan fingerprint density at radius 1 is 0.929 bits per heavy atom. The van der Waals surface area contributed by atoms with E-state index in [1.807, 2.05) is 24.3 Å². The number of ether oxygens (including phenoxy) is 1. The van der Waals surface area contributed by atoms with Gasteiger partial charge in [0.25, 0.3) is 5.91 Å². The Bertz CT molecular complexity index is 1030. The van der Waals surface area contributed by atoms with Crippen molar-refractivity contribution in [1.29, 1.82) is 5.26 Å². The molecular formula is C24H20N2O2. The van der Waals surface area contributed by atoms with Crippen molar-refractivity contribution in [3.63, 3.8) is 0 Å². The highest BCUT2D eigenvalue weighted by molar-refractivity contribution is 5.88. The van der Waals surface area contributed by atoms with Crippen molar-refractivity contribution in [2.24, 2.45) is 0 Å². The third-order valence-corrected chi connectivity index (χ3v) is 5.01. The summed E-state index contributed by atoms with van der Waals surface area (Å²) >= 11 is 0. The lowest BCUT2D eigenvalue weighted by Crippen LogP contribution is -2.47. The molecule has 0 heterocycles. The van der Waals surface area contributed by atoms with Crippen molar-refractivity contribution in [2.45, 2.75) is 25.5 Å². The molecule has 138 valence electrons. The van der Waals surface area contributed by atoms with E-state index in [1.165, 1.54) is 0 Å². The van der Waals surface area contributed by atoms with Gasteiger partial charge in [-0.2, -0.15) is 5.26 Å². The van der Waals surface area contributed by atoms with E-state index in [9.17, 15) is 4.79 Å². The van der Waals surface area contributed by atoms with Crippen LogP contribution < -0.4 is 10.1 Å². The number of hydrogen-bond donors (Lipinski definition) is 1. The Morgan fingerprint density at radius 3 is 2.00 bits per heavy atom. The van der Waals surface area contributed by atoms with E-state index in [-0.39, 0.29) is 11.9 Å². The maximum Gasteiger partial charge on any atom is 0.264 e. The molecule has 0 saturated carbocycles. The maximum atomic E-state index is 13.1. The number of fused-ring (bicyclic) bond motifs is 3. The summed E-state index contributed by atoms with van der Waals surface area (Å²) in [5.74, 6) is 0.347. The zero-order valence-electron chi connectivity index (χ0n) is 15.8. The molecule has 1 N–H and O–H groups in total. The highest BCUT2D eigenvalue weighted by Crippen LogP contribution is 2.43. The van der Waals surface area contributed by atoms with Crippen LogP contribution in [0.3, 0.4) is 0 Å². The summed E-state index contributed by atoms with van der Waals surface area (Å²) in [5.41, 5.74) is 3.95. The van der Waals surface area contributed by atoms with E-state index in [0.717, 1.165) is 22.3 Å². The highest BCUT2D eigenvalue weighted by atomic mass is 16.5. The zero-order valence-corrected chi connectivity index (χ0v) is 15.8. The van der Waals surface area contributed by atoms with Gasteiger partial charge in [-0.1, -0.05) is 48.5 Å². The number of carbonyl (C=O) groups is 1. The standard InChI is InChI=1S/C24H20N2O2/c1-24(2,28-17-13-11-16(15-25)12-14-17)23(27)26-22-20-9-5-3-7-18(20)19-8-4-6-10-21(19)22/h3-14,22H,1-2H3,(H,26,27). The number of benzene rings is 3. The Morgan fingerprint density at radius 2 is 1.46 bits per heavy atom. The molecule has 0 unspecified atom stereocenters. The van der Waals surface area contributed by atoms with Crippen LogP contribution in [0.1, 0.15) is 36.6 Å². The summed E-state index contributed by atoms with van der Waals surface area (Å²) in [4.78, 5) is 13.1. The quantitative estimate of drug-likeness (QED) is 0.732. The first-order valence-electron chi connectivity index (χ1n) is 9.18. The number of rotatable bonds is 4. The van der Waals surface area contributed by atoms with Gasteiger partial charge in [0, 0.05) is 0 Å². The van der Waals surface area contributed by atoms with Crippen LogP contribution in [0.4, 0.5) is 0 Å². The molecule has 0 bridgehead atoms. The minimum absolute atomic E-state index is 0.201. The van der Waals surface area contributed by atoms with Gasteiger partial charge in [-0.15, -0.1) is 0 Å². The Labute approximate surface area is 164 Å². The second kappa shape index (κ2) is 6.86. The van der Waals surface area contributed by atoms with Crippen LogP contribution in [-0.2, 0) is 4.79 Å². The lowest BCUT2D eigenvalue weighted by Gasteiger charge is -2.28. The average molecular weight is 368 g/mol. The van der Waals surface area contributed by atoms with Crippen molar-refractivity contribution < 1.29 is 9.53 Å². The molecular weight excluding hydrogens is 348 g/mol. The van der Waals surface area contributed by atoms with Crippen LogP contribution in [0.15, 0.2) is 72.8 Å². The summed E-state index contributed by atoms with van der Waals surface area (Å²) < 4.78 is 5.93. The summed E-state index contributed by atoms with van der Waals surface area (Å²) in [6.45, 7) is 3.49. The predicted molar refractivity (Wildman–Crippen MR) is 108 cm³/mol. The van der Waals surface area contributed by atoms with E-state index in [1.54, 1.807) is 38.1 Å². The van der Waals surface area contributed by atoms with Gasteiger partial charge in [-0.3, -0.25) is 4.79 Å². The molecule has 3 aromatic carbocycles. The molecule has 0 spiro atoms. The van der Waals surface area contributed by atoms with Crippen LogP contribution in [0.5, 0.6) is 5.75 Å². The van der Waals surface area contributed by atoms with Gasteiger partial charge >= 0.3 is 0 Å². The first-order valence-corrected chi connectivity index (χ1v) is 9.18.